The van der Waals surface area contributed by atoms with Crippen LogP contribution in [0, 0.1) is 0 Å². The third-order valence-electron chi connectivity index (χ3n) is 3.84. The van der Waals surface area contributed by atoms with Crippen LogP contribution in [0.5, 0.6) is 0 Å². The van der Waals surface area contributed by atoms with Gasteiger partial charge in [0.1, 0.15) is 0 Å². The second kappa shape index (κ2) is 7.10. The SMILES string of the molecule is COC[C@H](C)Nc1nc(-c2ccc(N3CCCC3=O)cc2)cs1. The molecule has 1 saturated heterocycles. The molecule has 0 saturated carbocycles. The standard InChI is InChI=1S/C17H21N3O2S/c1-12(10-22-2)18-17-19-15(11-23-17)13-5-7-14(8-6-13)20-9-3-4-16(20)21/h5-8,11-12H,3-4,9-10H2,1-2H3,(H,18,19)/t12-/m0/s1. The monoisotopic (exact) mass is 331 g/mol. The van der Waals surface area contributed by atoms with Crippen LogP contribution < -0.4 is 10.2 Å². The van der Waals surface area contributed by atoms with Crippen molar-refractivity contribution in [3.63, 3.8) is 0 Å². The highest BCUT2D eigenvalue weighted by Gasteiger charge is 2.21. The van der Waals surface area contributed by atoms with Gasteiger partial charge in [-0.15, -0.1) is 11.3 Å². The number of amides is 1. The van der Waals surface area contributed by atoms with Crippen molar-refractivity contribution < 1.29 is 9.53 Å². The number of carbonyl (C=O) groups excluding carboxylic acids is 1. The quantitative estimate of drug-likeness (QED) is 0.881. The third kappa shape index (κ3) is 3.71. The Morgan fingerprint density at radius 3 is 2.83 bits per heavy atom. The predicted octanol–water partition coefficient (Wildman–Crippen LogP) is 3.38. The average molecular weight is 331 g/mol. The summed E-state index contributed by atoms with van der Waals surface area (Å²) in [6.45, 7) is 3.53. The zero-order chi connectivity index (χ0) is 16.2. The molecule has 5 nitrogen and oxygen atoms in total. The number of ether oxygens (including phenoxy) is 1. The molecule has 0 unspecified atom stereocenters. The van der Waals surface area contributed by atoms with Gasteiger partial charge in [0.15, 0.2) is 5.13 Å². The Morgan fingerprint density at radius 2 is 2.17 bits per heavy atom. The molecule has 1 atom stereocenters. The Balaban J connectivity index is 1.70. The molecule has 23 heavy (non-hydrogen) atoms. The first-order valence-electron chi connectivity index (χ1n) is 7.79. The summed E-state index contributed by atoms with van der Waals surface area (Å²) in [7, 11) is 1.69. The number of nitrogens with one attached hydrogen (secondary N) is 1. The van der Waals surface area contributed by atoms with E-state index in [-0.39, 0.29) is 11.9 Å². The molecule has 122 valence electrons. The summed E-state index contributed by atoms with van der Waals surface area (Å²) in [6, 6.07) is 8.27. The van der Waals surface area contributed by atoms with E-state index in [1.54, 1.807) is 18.4 Å². The summed E-state index contributed by atoms with van der Waals surface area (Å²) in [4.78, 5) is 18.3. The molecule has 2 aromatic rings. The molecule has 6 heteroatoms. The molecule has 0 aliphatic carbocycles. The number of aromatic nitrogens is 1. The van der Waals surface area contributed by atoms with Gasteiger partial charge in [-0.2, -0.15) is 0 Å². The highest BCUT2D eigenvalue weighted by Crippen LogP contribution is 2.28. The van der Waals surface area contributed by atoms with Gasteiger partial charge in [0, 0.05) is 42.7 Å². The van der Waals surface area contributed by atoms with Crippen LogP contribution in [-0.2, 0) is 9.53 Å². The highest BCUT2D eigenvalue weighted by atomic mass is 32.1. The van der Waals surface area contributed by atoms with Gasteiger partial charge in [0.05, 0.1) is 12.3 Å². The summed E-state index contributed by atoms with van der Waals surface area (Å²) < 4.78 is 5.12. The van der Waals surface area contributed by atoms with Crippen LogP contribution in [-0.4, -0.2) is 37.2 Å². The lowest BCUT2D eigenvalue weighted by molar-refractivity contribution is -0.117. The Labute approximate surface area is 140 Å². The van der Waals surface area contributed by atoms with E-state index in [4.69, 9.17) is 4.74 Å². The van der Waals surface area contributed by atoms with Crippen LogP contribution in [0.25, 0.3) is 11.3 Å². The zero-order valence-electron chi connectivity index (χ0n) is 13.4. The Morgan fingerprint density at radius 1 is 1.39 bits per heavy atom. The maximum atomic E-state index is 11.8. The number of anilines is 2. The molecular formula is C17H21N3O2S. The number of nitrogens with zero attached hydrogens (tertiary/aromatic N) is 2. The van der Waals surface area contributed by atoms with E-state index in [2.05, 4.69) is 17.2 Å². The summed E-state index contributed by atoms with van der Waals surface area (Å²) in [5.74, 6) is 0.213. The van der Waals surface area contributed by atoms with Gasteiger partial charge in [0.2, 0.25) is 5.91 Å². The van der Waals surface area contributed by atoms with Crippen molar-refractivity contribution in [1.29, 1.82) is 0 Å². The van der Waals surface area contributed by atoms with Crippen LogP contribution in [0.1, 0.15) is 19.8 Å². The Kier molecular flexibility index (Phi) is 4.93. The van der Waals surface area contributed by atoms with E-state index in [1.165, 1.54) is 0 Å². The Hall–Kier alpha value is -1.92. The minimum Gasteiger partial charge on any atom is -0.383 e. The Bertz CT molecular complexity index is 669. The number of carbonyl (C=O) groups is 1. The van der Waals surface area contributed by atoms with Crippen molar-refractivity contribution in [2.24, 2.45) is 0 Å². The smallest absolute Gasteiger partial charge is 0.227 e. The first-order valence-corrected chi connectivity index (χ1v) is 8.67. The van der Waals surface area contributed by atoms with Crippen LogP contribution in [0.3, 0.4) is 0 Å². The van der Waals surface area contributed by atoms with Crippen molar-refractivity contribution in [3.8, 4) is 11.3 Å². The topological polar surface area (TPSA) is 54.5 Å². The normalized spacial score (nSPS) is 15.9. The van der Waals surface area contributed by atoms with Gasteiger partial charge in [-0.3, -0.25) is 4.79 Å². The van der Waals surface area contributed by atoms with Crippen molar-refractivity contribution in [1.82, 2.24) is 4.98 Å². The maximum absolute atomic E-state index is 11.8. The summed E-state index contributed by atoms with van der Waals surface area (Å²) in [5.41, 5.74) is 2.98. The van der Waals surface area contributed by atoms with Gasteiger partial charge in [-0.05, 0) is 25.5 Å². The lowest BCUT2D eigenvalue weighted by atomic mass is 10.1. The summed E-state index contributed by atoms with van der Waals surface area (Å²) >= 11 is 1.59. The van der Waals surface area contributed by atoms with Crippen molar-refractivity contribution in [3.05, 3.63) is 29.6 Å². The molecule has 1 aromatic carbocycles. The molecule has 1 aliphatic heterocycles. The van der Waals surface area contributed by atoms with E-state index in [9.17, 15) is 4.79 Å². The molecule has 1 N–H and O–H groups in total. The average Bonchev–Trinajstić information content (AvgIpc) is 3.17. The molecule has 3 rings (SSSR count). The number of rotatable bonds is 6. The first kappa shape index (κ1) is 16.0. The van der Waals surface area contributed by atoms with Gasteiger partial charge in [-0.1, -0.05) is 12.1 Å². The molecule has 0 spiro atoms. The second-order valence-corrected chi connectivity index (χ2v) is 6.59. The lowest BCUT2D eigenvalue weighted by Crippen LogP contribution is -2.23. The lowest BCUT2D eigenvalue weighted by Gasteiger charge is -2.15. The molecule has 1 fully saturated rings. The zero-order valence-corrected chi connectivity index (χ0v) is 14.2. The molecule has 0 radical (unpaired) electrons. The number of benzene rings is 1. The van der Waals surface area contributed by atoms with E-state index >= 15 is 0 Å². The molecule has 1 aliphatic rings. The molecular weight excluding hydrogens is 310 g/mol. The minimum atomic E-state index is 0.213. The van der Waals surface area contributed by atoms with Crippen LogP contribution >= 0.6 is 11.3 Å². The van der Waals surface area contributed by atoms with E-state index in [0.29, 0.717) is 13.0 Å². The predicted molar refractivity (Wildman–Crippen MR) is 94.1 cm³/mol. The maximum Gasteiger partial charge on any atom is 0.227 e. The van der Waals surface area contributed by atoms with E-state index in [0.717, 1.165) is 35.0 Å². The molecule has 2 heterocycles. The first-order chi connectivity index (χ1) is 11.2. The number of thiazole rings is 1. The number of hydrogen-bond donors (Lipinski definition) is 1. The third-order valence-corrected chi connectivity index (χ3v) is 4.61. The van der Waals surface area contributed by atoms with Gasteiger partial charge in [-0.25, -0.2) is 4.98 Å². The van der Waals surface area contributed by atoms with Gasteiger partial charge < -0.3 is 15.0 Å². The molecule has 0 bridgehead atoms. The second-order valence-electron chi connectivity index (χ2n) is 5.73. The van der Waals surface area contributed by atoms with Crippen LogP contribution in [0.2, 0.25) is 0 Å². The van der Waals surface area contributed by atoms with Gasteiger partial charge in [0.25, 0.3) is 0 Å². The largest absolute Gasteiger partial charge is 0.383 e. The van der Waals surface area contributed by atoms with Crippen molar-refractivity contribution >= 4 is 28.1 Å². The molecule has 1 aromatic heterocycles. The fraction of sp³-hybridized carbons (Fsp3) is 0.412. The number of hydrogen-bond acceptors (Lipinski definition) is 5. The summed E-state index contributed by atoms with van der Waals surface area (Å²) in [5, 5.41) is 6.26. The van der Waals surface area contributed by atoms with Crippen molar-refractivity contribution in [2.45, 2.75) is 25.8 Å². The minimum absolute atomic E-state index is 0.213. The fourth-order valence-electron chi connectivity index (χ4n) is 2.71. The highest BCUT2D eigenvalue weighted by molar-refractivity contribution is 7.14. The van der Waals surface area contributed by atoms with E-state index in [1.807, 2.05) is 34.5 Å². The van der Waals surface area contributed by atoms with Gasteiger partial charge >= 0.3 is 0 Å². The summed E-state index contributed by atoms with van der Waals surface area (Å²) in [6.07, 6.45) is 1.60. The molecule has 1 amide bonds. The van der Waals surface area contributed by atoms with Crippen LogP contribution in [0.15, 0.2) is 29.6 Å². The fourth-order valence-corrected chi connectivity index (χ4v) is 3.54. The van der Waals surface area contributed by atoms with E-state index < -0.39 is 0 Å². The van der Waals surface area contributed by atoms with Crippen molar-refractivity contribution in [2.75, 3.05) is 30.5 Å². The van der Waals surface area contributed by atoms with Crippen LogP contribution in [0.4, 0.5) is 10.8 Å². The number of methoxy groups -OCH3 is 1.